The maximum atomic E-state index is 12.5. The molecule has 3 aromatic rings. The summed E-state index contributed by atoms with van der Waals surface area (Å²) in [5, 5.41) is 3.98. The van der Waals surface area contributed by atoms with Gasteiger partial charge in [-0.1, -0.05) is 29.8 Å². The number of hydrogen-bond donors (Lipinski definition) is 2. The van der Waals surface area contributed by atoms with Crippen LogP contribution < -0.4 is 15.6 Å². The highest BCUT2D eigenvalue weighted by atomic mass is 16.5. The second-order valence-electron chi connectivity index (χ2n) is 8.17. The molecule has 2 N–H and O–H groups in total. The Kier molecular flexibility index (Phi) is 6.06. The van der Waals surface area contributed by atoms with Gasteiger partial charge in [0.05, 0.1) is 7.11 Å². The van der Waals surface area contributed by atoms with Crippen LogP contribution in [0.5, 0.6) is 5.75 Å². The summed E-state index contributed by atoms with van der Waals surface area (Å²) in [6, 6.07) is 15.7. The van der Waals surface area contributed by atoms with Crippen molar-refractivity contribution in [1.29, 1.82) is 0 Å². The number of hydrogen-bond acceptors (Lipinski definition) is 3. The van der Waals surface area contributed by atoms with E-state index in [1.54, 1.807) is 7.11 Å². The summed E-state index contributed by atoms with van der Waals surface area (Å²) in [5.41, 5.74) is 3.22. The minimum atomic E-state index is -0.366. The molecule has 1 amide bonds. The van der Waals surface area contributed by atoms with E-state index in [0.29, 0.717) is 12.0 Å². The lowest BCUT2D eigenvalue weighted by Crippen LogP contribution is -2.45. The monoisotopic (exact) mass is 392 g/mol. The molecule has 5 heteroatoms. The van der Waals surface area contributed by atoms with Crippen molar-refractivity contribution in [3.8, 4) is 5.75 Å². The second kappa shape index (κ2) is 8.52. The van der Waals surface area contributed by atoms with Gasteiger partial charge in [0, 0.05) is 28.4 Å². The molecule has 0 unspecified atom stereocenters. The predicted molar refractivity (Wildman–Crippen MR) is 117 cm³/mol. The van der Waals surface area contributed by atoms with Crippen molar-refractivity contribution in [2.24, 2.45) is 0 Å². The van der Waals surface area contributed by atoms with E-state index in [-0.39, 0.29) is 23.4 Å². The number of amides is 1. The third kappa shape index (κ3) is 5.47. The maximum absolute atomic E-state index is 12.5. The van der Waals surface area contributed by atoms with Gasteiger partial charge in [-0.2, -0.15) is 0 Å². The smallest absolute Gasteiger partial charge is 0.251 e. The molecule has 2 aromatic carbocycles. The fourth-order valence-corrected chi connectivity index (χ4v) is 3.49. The van der Waals surface area contributed by atoms with Crippen LogP contribution in [0.2, 0.25) is 0 Å². The normalized spacial score (nSPS) is 11.4. The molecule has 5 nitrogen and oxygen atoms in total. The number of aromatic nitrogens is 1. The van der Waals surface area contributed by atoms with Crippen molar-refractivity contribution >= 4 is 16.8 Å². The zero-order valence-electron chi connectivity index (χ0n) is 17.5. The van der Waals surface area contributed by atoms with Crippen LogP contribution in [-0.4, -0.2) is 23.5 Å². The topological polar surface area (TPSA) is 71.2 Å². The second-order valence-corrected chi connectivity index (χ2v) is 8.17. The average molecular weight is 392 g/mol. The number of nitrogens with one attached hydrogen (secondary N) is 2. The highest BCUT2D eigenvalue weighted by molar-refractivity contribution is 5.81. The number of carbonyl (C=O) groups excluding carboxylic acids is 1. The van der Waals surface area contributed by atoms with Gasteiger partial charge >= 0.3 is 0 Å². The number of ether oxygens (including phenoxy) is 1. The summed E-state index contributed by atoms with van der Waals surface area (Å²) >= 11 is 0. The number of rotatable bonds is 7. The van der Waals surface area contributed by atoms with Gasteiger partial charge in [0.1, 0.15) is 5.75 Å². The van der Waals surface area contributed by atoms with Crippen LogP contribution in [0, 0.1) is 6.92 Å². The number of aromatic amines is 1. The fourth-order valence-electron chi connectivity index (χ4n) is 3.49. The minimum absolute atomic E-state index is 0.0627. The quantitative estimate of drug-likeness (QED) is 0.640. The van der Waals surface area contributed by atoms with Gasteiger partial charge in [0.15, 0.2) is 0 Å². The van der Waals surface area contributed by atoms with Gasteiger partial charge in [0.2, 0.25) is 5.91 Å². The molecule has 0 spiro atoms. The predicted octanol–water partition coefficient (Wildman–Crippen LogP) is 3.92. The highest BCUT2D eigenvalue weighted by Crippen LogP contribution is 2.19. The van der Waals surface area contributed by atoms with Gasteiger partial charge in [-0.15, -0.1) is 0 Å². The maximum Gasteiger partial charge on any atom is 0.251 e. The molecule has 0 saturated heterocycles. The first-order valence-electron chi connectivity index (χ1n) is 9.82. The lowest BCUT2D eigenvalue weighted by molar-refractivity contribution is -0.122. The molecule has 0 fully saturated rings. The molecule has 29 heavy (non-hydrogen) atoms. The number of aryl methyl sites for hydroxylation is 2. The lowest BCUT2D eigenvalue weighted by atomic mass is 9.94. The van der Waals surface area contributed by atoms with Crippen molar-refractivity contribution in [3.05, 3.63) is 75.6 Å². The molecule has 0 aliphatic rings. The third-order valence-corrected chi connectivity index (χ3v) is 4.99. The Labute approximate surface area is 171 Å². The fraction of sp³-hybridized carbons (Fsp3) is 0.333. The summed E-state index contributed by atoms with van der Waals surface area (Å²) in [5.74, 6) is 0.665. The molecule has 0 aliphatic heterocycles. The summed E-state index contributed by atoms with van der Waals surface area (Å²) in [4.78, 5) is 27.7. The number of pyridine rings is 1. The van der Waals surface area contributed by atoms with Crippen LogP contribution >= 0.6 is 0 Å². The Morgan fingerprint density at radius 3 is 2.52 bits per heavy atom. The first-order chi connectivity index (χ1) is 13.8. The van der Waals surface area contributed by atoms with E-state index in [1.165, 1.54) is 11.1 Å². The van der Waals surface area contributed by atoms with E-state index in [9.17, 15) is 9.59 Å². The zero-order chi connectivity index (χ0) is 21.0. The Balaban J connectivity index is 1.64. The Morgan fingerprint density at radius 2 is 1.83 bits per heavy atom. The molecule has 3 rings (SSSR count). The van der Waals surface area contributed by atoms with Crippen molar-refractivity contribution in [2.75, 3.05) is 7.11 Å². The van der Waals surface area contributed by atoms with Gasteiger partial charge in [-0.05, 0) is 63.4 Å². The van der Waals surface area contributed by atoms with Crippen LogP contribution in [0.15, 0.2) is 53.3 Å². The molecule has 152 valence electrons. The molecule has 0 atom stereocenters. The SMILES string of the molecule is COc1ccc2[nH]c(=O)c(CCC(=O)NC(C)(C)Cc3ccc(C)cc3)cc2c1. The van der Waals surface area contributed by atoms with E-state index in [1.807, 2.05) is 38.1 Å². The number of H-pyrrole nitrogens is 1. The van der Waals surface area contributed by atoms with E-state index in [2.05, 4.69) is 41.5 Å². The first-order valence-corrected chi connectivity index (χ1v) is 9.82. The third-order valence-electron chi connectivity index (χ3n) is 4.99. The van der Waals surface area contributed by atoms with Gasteiger partial charge < -0.3 is 15.0 Å². The van der Waals surface area contributed by atoms with Crippen LogP contribution in [0.25, 0.3) is 10.9 Å². The van der Waals surface area contributed by atoms with Crippen molar-refractivity contribution in [1.82, 2.24) is 10.3 Å². The van der Waals surface area contributed by atoms with Gasteiger partial charge in [-0.3, -0.25) is 9.59 Å². The summed E-state index contributed by atoms with van der Waals surface area (Å²) in [6.45, 7) is 6.08. The van der Waals surface area contributed by atoms with E-state index < -0.39 is 0 Å². The number of carbonyl (C=O) groups is 1. The van der Waals surface area contributed by atoms with E-state index >= 15 is 0 Å². The molecule has 1 heterocycles. The molecular weight excluding hydrogens is 364 g/mol. The highest BCUT2D eigenvalue weighted by Gasteiger charge is 2.21. The van der Waals surface area contributed by atoms with Crippen molar-refractivity contribution < 1.29 is 9.53 Å². The molecule has 0 aliphatic carbocycles. The molecule has 0 bridgehead atoms. The lowest BCUT2D eigenvalue weighted by Gasteiger charge is -2.26. The number of fused-ring (bicyclic) bond motifs is 1. The number of benzene rings is 2. The van der Waals surface area contributed by atoms with Crippen LogP contribution in [0.1, 0.15) is 37.0 Å². The molecule has 0 radical (unpaired) electrons. The molecule has 0 saturated carbocycles. The molecular formula is C24H28N2O3. The zero-order valence-corrected chi connectivity index (χ0v) is 17.5. The van der Waals surface area contributed by atoms with Crippen molar-refractivity contribution in [2.45, 2.75) is 45.6 Å². The number of methoxy groups -OCH3 is 1. The van der Waals surface area contributed by atoms with E-state index in [0.717, 1.165) is 23.1 Å². The molecule has 1 aromatic heterocycles. The summed E-state index contributed by atoms with van der Waals surface area (Å²) < 4.78 is 5.24. The van der Waals surface area contributed by atoms with Gasteiger partial charge in [-0.25, -0.2) is 0 Å². The standard InChI is InChI=1S/C24H28N2O3/c1-16-5-7-17(8-6-16)15-24(2,3)26-22(27)12-9-18-13-19-14-20(29-4)10-11-21(19)25-23(18)28/h5-8,10-11,13-14H,9,12,15H2,1-4H3,(H,25,28)(H,26,27). The van der Waals surface area contributed by atoms with Gasteiger partial charge in [0.25, 0.3) is 5.56 Å². The van der Waals surface area contributed by atoms with Crippen LogP contribution in [-0.2, 0) is 17.6 Å². The Hall–Kier alpha value is -3.08. The largest absolute Gasteiger partial charge is 0.497 e. The summed E-state index contributed by atoms with van der Waals surface area (Å²) in [7, 11) is 1.61. The van der Waals surface area contributed by atoms with Crippen molar-refractivity contribution in [3.63, 3.8) is 0 Å². The minimum Gasteiger partial charge on any atom is -0.497 e. The Morgan fingerprint density at radius 1 is 1.10 bits per heavy atom. The van der Waals surface area contributed by atoms with Crippen LogP contribution in [0.4, 0.5) is 0 Å². The van der Waals surface area contributed by atoms with E-state index in [4.69, 9.17) is 4.74 Å². The van der Waals surface area contributed by atoms with Crippen LogP contribution in [0.3, 0.4) is 0 Å². The average Bonchev–Trinajstić information content (AvgIpc) is 2.67. The first kappa shape index (κ1) is 20.6. The summed E-state index contributed by atoms with van der Waals surface area (Å²) in [6.07, 6.45) is 1.39. The Bertz CT molecular complexity index is 1070.